The van der Waals surface area contributed by atoms with Crippen LogP contribution in [0.5, 0.6) is 0 Å². The molecule has 2 bridgehead atoms. The average molecular weight is 235 g/mol. The number of ether oxygens (including phenoxy) is 1. The summed E-state index contributed by atoms with van der Waals surface area (Å²) in [6.07, 6.45) is 9.35. The Morgan fingerprint density at radius 2 is 1.94 bits per heavy atom. The highest BCUT2D eigenvalue weighted by atomic mass is 16.5. The van der Waals surface area contributed by atoms with Gasteiger partial charge in [0.1, 0.15) is 0 Å². The molecule has 0 aliphatic carbocycles. The second-order valence-electron chi connectivity index (χ2n) is 6.21. The quantitative estimate of drug-likeness (QED) is 0.682. The molecule has 0 radical (unpaired) electrons. The number of rotatable bonds is 2. The third-order valence-corrected chi connectivity index (χ3v) is 4.85. The van der Waals surface area contributed by atoms with Crippen molar-refractivity contribution in [2.24, 2.45) is 5.92 Å². The van der Waals surface area contributed by atoms with E-state index in [1.807, 2.05) is 0 Å². The first kappa shape index (κ1) is 11.7. The van der Waals surface area contributed by atoms with Gasteiger partial charge in [-0.3, -0.25) is 4.90 Å². The zero-order valence-corrected chi connectivity index (χ0v) is 11.2. The summed E-state index contributed by atoms with van der Waals surface area (Å²) in [6, 6.07) is 2.38. The predicted molar refractivity (Wildman–Crippen MR) is 70.0 cm³/mol. The van der Waals surface area contributed by atoms with E-state index >= 15 is 0 Å². The maximum Gasteiger partial charge on any atom is 0.0553 e. The summed E-state index contributed by atoms with van der Waals surface area (Å²) < 4.78 is 5.34. The van der Waals surface area contributed by atoms with E-state index in [1.54, 1.807) is 5.57 Å². The number of fused-ring (bicyclic) bond motifs is 2. The molecule has 0 N–H and O–H groups in total. The van der Waals surface area contributed by atoms with Gasteiger partial charge in [-0.15, -0.1) is 0 Å². The van der Waals surface area contributed by atoms with E-state index in [2.05, 4.69) is 24.8 Å². The largest absolute Gasteiger partial charge is 0.380 e. The SMILES string of the molecule is CC(C)N1C2C/C=C(\C3COC3)CCC1CC2. The fourth-order valence-electron chi connectivity index (χ4n) is 3.90. The van der Waals surface area contributed by atoms with E-state index in [4.69, 9.17) is 4.74 Å². The minimum Gasteiger partial charge on any atom is -0.380 e. The number of hydrogen-bond donors (Lipinski definition) is 0. The normalized spacial score (nSPS) is 38.4. The topological polar surface area (TPSA) is 12.5 Å². The molecule has 2 atom stereocenters. The Bertz CT molecular complexity index is 306. The van der Waals surface area contributed by atoms with Gasteiger partial charge in [0, 0.05) is 24.0 Å². The Kier molecular flexibility index (Phi) is 3.27. The molecule has 96 valence electrons. The van der Waals surface area contributed by atoms with Crippen LogP contribution in [0.4, 0.5) is 0 Å². The van der Waals surface area contributed by atoms with E-state index in [0.29, 0.717) is 0 Å². The number of hydrogen-bond acceptors (Lipinski definition) is 2. The van der Waals surface area contributed by atoms with Gasteiger partial charge in [-0.25, -0.2) is 0 Å². The maximum absolute atomic E-state index is 5.34. The zero-order chi connectivity index (χ0) is 11.8. The van der Waals surface area contributed by atoms with Crippen LogP contribution in [-0.4, -0.2) is 36.2 Å². The summed E-state index contributed by atoms with van der Waals surface area (Å²) in [5.41, 5.74) is 1.71. The lowest BCUT2D eigenvalue weighted by atomic mass is 9.89. The Labute approximate surface area is 105 Å². The lowest BCUT2D eigenvalue weighted by Crippen LogP contribution is -2.42. The fraction of sp³-hybridized carbons (Fsp3) is 0.867. The van der Waals surface area contributed by atoms with E-state index in [1.165, 1.54) is 32.1 Å². The molecule has 0 amide bonds. The van der Waals surface area contributed by atoms with Crippen LogP contribution in [-0.2, 0) is 4.74 Å². The molecule has 0 aromatic carbocycles. The minimum atomic E-state index is 0.717. The highest BCUT2D eigenvalue weighted by Gasteiger charge is 2.36. The Morgan fingerprint density at radius 3 is 2.59 bits per heavy atom. The Hall–Kier alpha value is -0.340. The van der Waals surface area contributed by atoms with Gasteiger partial charge in [-0.2, -0.15) is 0 Å². The lowest BCUT2D eigenvalue weighted by molar-refractivity contribution is -0.0158. The van der Waals surface area contributed by atoms with Crippen LogP contribution in [0.1, 0.15) is 46.0 Å². The Balaban J connectivity index is 1.73. The molecule has 3 heterocycles. The molecule has 0 aromatic rings. The van der Waals surface area contributed by atoms with Crippen molar-refractivity contribution in [2.45, 2.75) is 64.1 Å². The van der Waals surface area contributed by atoms with E-state index in [-0.39, 0.29) is 0 Å². The van der Waals surface area contributed by atoms with E-state index < -0.39 is 0 Å². The predicted octanol–water partition coefficient (Wildman–Crippen LogP) is 2.98. The third-order valence-electron chi connectivity index (χ3n) is 4.85. The first-order chi connectivity index (χ1) is 8.25. The van der Waals surface area contributed by atoms with Crippen LogP contribution in [0.15, 0.2) is 11.6 Å². The van der Waals surface area contributed by atoms with Gasteiger partial charge in [0.15, 0.2) is 0 Å². The maximum atomic E-state index is 5.34. The molecule has 3 aliphatic heterocycles. The van der Waals surface area contributed by atoms with Gasteiger partial charge in [-0.05, 0) is 46.0 Å². The molecule has 2 saturated heterocycles. The average Bonchev–Trinajstić information content (AvgIpc) is 2.62. The third kappa shape index (κ3) is 2.17. The molecular weight excluding hydrogens is 210 g/mol. The van der Waals surface area contributed by atoms with Crippen molar-refractivity contribution in [3.05, 3.63) is 11.6 Å². The van der Waals surface area contributed by atoms with Gasteiger partial charge < -0.3 is 4.74 Å². The van der Waals surface area contributed by atoms with Crippen LogP contribution in [0, 0.1) is 5.92 Å². The molecule has 17 heavy (non-hydrogen) atoms. The Morgan fingerprint density at radius 1 is 1.18 bits per heavy atom. The first-order valence-electron chi connectivity index (χ1n) is 7.30. The second-order valence-corrected chi connectivity index (χ2v) is 6.21. The molecule has 3 aliphatic rings. The summed E-state index contributed by atoms with van der Waals surface area (Å²) in [5, 5.41) is 0. The van der Waals surface area contributed by atoms with Crippen molar-refractivity contribution < 1.29 is 4.74 Å². The summed E-state index contributed by atoms with van der Waals surface area (Å²) in [5.74, 6) is 0.764. The van der Waals surface area contributed by atoms with Gasteiger partial charge >= 0.3 is 0 Å². The number of nitrogens with zero attached hydrogens (tertiary/aromatic N) is 1. The van der Waals surface area contributed by atoms with Crippen molar-refractivity contribution >= 4 is 0 Å². The molecule has 2 unspecified atom stereocenters. The second kappa shape index (κ2) is 4.74. The molecule has 3 rings (SSSR count). The highest BCUT2D eigenvalue weighted by molar-refractivity contribution is 5.13. The van der Waals surface area contributed by atoms with Crippen LogP contribution in [0.3, 0.4) is 0 Å². The van der Waals surface area contributed by atoms with E-state index in [9.17, 15) is 0 Å². The van der Waals surface area contributed by atoms with Crippen LogP contribution >= 0.6 is 0 Å². The molecule has 0 spiro atoms. The van der Waals surface area contributed by atoms with Crippen molar-refractivity contribution in [3.63, 3.8) is 0 Å². The smallest absolute Gasteiger partial charge is 0.0553 e. The summed E-state index contributed by atoms with van der Waals surface area (Å²) in [4.78, 5) is 2.78. The van der Waals surface area contributed by atoms with Crippen molar-refractivity contribution in [3.8, 4) is 0 Å². The van der Waals surface area contributed by atoms with Crippen molar-refractivity contribution in [1.29, 1.82) is 0 Å². The standard InChI is InChI=1S/C15H25NO/c1-11(2)16-14-5-3-12(13-9-17-10-13)4-6-15(16)8-7-14/h3,11,13-15H,4-10H2,1-2H3/b12-3-. The van der Waals surface area contributed by atoms with Crippen molar-refractivity contribution in [2.75, 3.05) is 13.2 Å². The van der Waals surface area contributed by atoms with Crippen LogP contribution in [0.25, 0.3) is 0 Å². The molecular formula is C15H25NO. The van der Waals surface area contributed by atoms with Crippen molar-refractivity contribution in [1.82, 2.24) is 4.90 Å². The van der Waals surface area contributed by atoms with Gasteiger partial charge in [0.25, 0.3) is 0 Å². The summed E-state index contributed by atoms with van der Waals surface area (Å²) in [6.45, 7) is 6.68. The lowest BCUT2D eigenvalue weighted by Gasteiger charge is -2.37. The van der Waals surface area contributed by atoms with Gasteiger partial charge in [0.05, 0.1) is 13.2 Å². The fourth-order valence-corrected chi connectivity index (χ4v) is 3.90. The minimum absolute atomic E-state index is 0.717. The van der Waals surface area contributed by atoms with Gasteiger partial charge in [-0.1, -0.05) is 11.6 Å². The summed E-state index contributed by atoms with van der Waals surface area (Å²) in [7, 11) is 0. The monoisotopic (exact) mass is 235 g/mol. The molecule has 2 heteroatoms. The van der Waals surface area contributed by atoms with Crippen LogP contribution < -0.4 is 0 Å². The van der Waals surface area contributed by atoms with Gasteiger partial charge in [0.2, 0.25) is 0 Å². The molecule has 2 nitrogen and oxygen atoms in total. The summed E-state index contributed by atoms with van der Waals surface area (Å²) >= 11 is 0. The van der Waals surface area contributed by atoms with Crippen LogP contribution in [0.2, 0.25) is 0 Å². The van der Waals surface area contributed by atoms with E-state index in [0.717, 1.165) is 37.3 Å². The first-order valence-corrected chi connectivity index (χ1v) is 7.30. The zero-order valence-electron chi connectivity index (χ0n) is 11.2. The highest BCUT2D eigenvalue weighted by Crippen LogP contribution is 2.36. The molecule has 2 fully saturated rings. The molecule has 0 saturated carbocycles. The molecule has 0 aromatic heterocycles.